The number of aromatic nitrogens is 2. The predicted octanol–water partition coefficient (Wildman–Crippen LogP) is 1.44. The Morgan fingerprint density at radius 2 is 1.74 bits per heavy atom. The summed E-state index contributed by atoms with van der Waals surface area (Å²) in [7, 11) is 3.43. The normalized spacial score (nSPS) is 14.6. The van der Waals surface area contributed by atoms with Crippen LogP contribution in [-0.4, -0.2) is 72.1 Å². The maximum atomic E-state index is 12.4. The Morgan fingerprint density at radius 1 is 1.07 bits per heavy atom. The van der Waals surface area contributed by atoms with Crippen molar-refractivity contribution in [2.45, 2.75) is 6.92 Å². The highest BCUT2D eigenvalue weighted by Gasteiger charge is 2.22. The van der Waals surface area contributed by atoms with Crippen molar-refractivity contribution >= 4 is 23.9 Å². The first-order valence-corrected chi connectivity index (χ1v) is 8.78. The van der Waals surface area contributed by atoms with Crippen LogP contribution in [-0.2, 0) is 4.79 Å². The van der Waals surface area contributed by atoms with Crippen molar-refractivity contribution in [1.29, 1.82) is 0 Å². The van der Waals surface area contributed by atoms with E-state index in [1.165, 1.54) is 4.90 Å². The maximum Gasteiger partial charge on any atom is 0.318 e. The van der Waals surface area contributed by atoms with Crippen LogP contribution in [0.25, 0.3) is 6.08 Å². The fraction of sp³-hybridized carbons (Fsp3) is 0.368. The van der Waals surface area contributed by atoms with E-state index in [9.17, 15) is 9.59 Å². The molecule has 3 rings (SSSR count). The Kier molecular flexibility index (Phi) is 5.54. The Hall–Kier alpha value is -3.16. The van der Waals surface area contributed by atoms with Gasteiger partial charge >= 0.3 is 6.01 Å². The second-order valence-electron chi connectivity index (χ2n) is 6.57. The zero-order chi connectivity index (χ0) is 19.4. The number of rotatable bonds is 4. The van der Waals surface area contributed by atoms with E-state index in [1.807, 2.05) is 17.0 Å². The van der Waals surface area contributed by atoms with E-state index < -0.39 is 0 Å². The third kappa shape index (κ3) is 4.52. The summed E-state index contributed by atoms with van der Waals surface area (Å²) in [6.45, 7) is 4.26. The number of hydrogen-bond acceptors (Lipinski definition) is 6. The Labute approximate surface area is 158 Å². The van der Waals surface area contributed by atoms with Gasteiger partial charge in [-0.3, -0.25) is 9.59 Å². The summed E-state index contributed by atoms with van der Waals surface area (Å²) in [5, 5.41) is 7.84. The number of anilines is 1. The largest absolute Gasteiger partial charge is 0.408 e. The second kappa shape index (κ2) is 8.03. The van der Waals surface area contributed by atoms with E-state index in [4.69, 9.17) is 4.42 Å². The lowest BCUT2D eigenvalue weighted by molar-refractivity contribution is -0.126. The fourth-order valence-corrected chi connectivity index (χ4v) is 2.80. The molecule has 8 nitrogen and oxygen atoms in total. The molecule has 0 spiro atoms. The Balaban J connectivity index is 1.54. The zero-order valence-corrected chi connectivity index (χ0v) is 15.8. The predicted molar refractivity (Wildman–Crippen MR) is 101 cm³/mol. The molecule has 2 amide bonds. The Morgan fingerprint density at radius 3 is 2.30 bits per heavy atom. The lowest BCUT2D eigenvalue weighted by Gasteiger charge is -2.33. The summed E-state index contributed by atoms with van der Waals surface area (Å²) in [6.07, 6.45) is 3.33. The summed E-state index contributed by atoms with van der Waals surface area (Å²) < 4.78 is 5.42. The lowest BCUT2D eigenvalue weighted by Crippen LogP contribution is -2.48. The zero-order valence-electron chi connectivity index (χ0n) is 15.8. The van der Waals surface area contributed by atoms with Crippen LogP contribution in [0, 0.1) is 6.92 Å². The molecule has 1 aliphatic rings. The molecule has 0 bridgehead atoms. The second-order valence-corrected chi connectivity index (χ2v) is 6.57. The van der Waals surface area contributed by atoms with Gasteiger partial charge in [-0.05, 0) is 23.8 Å². The standard InChI is InChI=1S/C19H23N5O3/c1-14-20-21-19(27-14)24-12-10-23(11-13-24)17(25)9-6-15-4-7-16(8-5-15)18(26)22(2)3/h4-9H,10-13H2,1-3H3/b9-6+. The van der Waals surface area contributed by atoms with E-state index in [0.29, 0.717) is 43.6 Å². The molecule has 2 aromatic rings. The van der Waals surface area contributed by atoms with E-state index in [2.05, 4.69) is 10.2 Å². The van der Waals surface area contributed by atoms with Crippen molar-refractivity contribution in [1.82, 2.24) is 20.0 Å². The van der Waals surface area contributed by atoms with E-state index in [-0.39, 0.29) is 11.8 Å². The first-order chi connectivity index (χ1) is 12.9. The van der Waals surface area contributed by atoms with Crippen LogP contribution in [0.1, 0.15) is 21.8 Å². The average molecular weight is 369 g/mol. The van der Waals surface area contributed by atoms with Crippen molar-refractivity contribution in [2.75, 3.05) is 45.2 Å². The number of hydrogen-bond donors (Lipinski definition) is 0. The van der Waals surface area contributed by atoms with Crippen LogP contribution in [0.15, 0.2) is 34.8 Å². The monoisotopic (exact) mass is 369 g/mol. The summed E-state index contributed by atoms with van der Waals surface area (Å²) in [4.78, 5) is 29.6. The minimum atomic E-state index is -0.0454. The first-order valence-electron chi connectivity index (χ1n) is 8.78. The molecule has 1 aromatic heterocycles. The van der Waals surface area contributed by atoms with Gasteiger partial charge < -0.3 is 19.1 Å². The van der Waals surface area contributed by atoms with E-state index >= 15 is 0 Å². The van der Waals surface area contributed by atoms with Gasteiger partial charge in [-0.15, -0.1) is 5.10 Å². The van der Waals surface area contributed by atoms with Crippen LogP contribution in [0.3, 0.4) is 0 Å². The molecule has 2 heterocycles. The van der Waals surface area contributed by atoms with Gasteiger partial charge in [0.25, 0.3) is 5.91 Å². The van der Waals surface area contributed by atoms with Gasteiger partial charge in [-0.25, -0.2) is 0 Å². The topological polar surface area (TPSA) is 82.8 Å². The minimum Gasteiger partial charge on any atom is -0.408 e. The molecule has 0 N–H and O–H groups in total. The van der Waals surface area contributed by atoms with Crippen LogP contribution in [0.2, 0.25) is 0 Å². The highest BCUT2D eigenvalue weighted by atomic mass is 16.4. The van der Waals surface area contributed by atoms with Crippen LogP contribution < -0.4 is 4.90 Å². The molecule has 1 aromatic carbocycles. The molecule has 1 aliphatic heterocycles. The SMILES string of the molecule is Cc1nnc(N2CCN(C(=O)/C=C/c3ccc(C(=O)N(C)C)cc3)CC2)o1. The highest BCUT2D eigenvalue weighted by molar-refractivity contribution is 5.94. The molecule has 1 saturated heterocycles. The van der Waals surface area contributed by atoms with Crippen molar-refractivity contribution < 1.29 is 14.0 Å². The summed E-state index contributed by atoms with van der Waals surface area (Å²) >= 11 is 0. The maximum absolute atomic E-state index is 12.4. The summed E-state index contributed by atoms with van der Waals surface area (Å²) in [6, 6.07) is 7.68. The average Bonchev–Trinajstić information content (AvgIpc) is 3.12. The van der Waals surface area contributed by atoms with Gasteiger partial charge in [0, 0.05) is 58.8 Å². The third-order valence-corrected chi connectivity index (χ3v) is 4.36. The molecule has 8 heteroatoms. The van der Waals surface area contributed by atoms with Gasteiger partial charge in [0.15, 0.2) is 0 Å². The van der Waals surface area contributed by atoms with Gasteiger partial charge in [0.05, 0.1) is 0 Å². The minimum absolute atomic E-state index is 0.0372. The van der Waals surface area contributed by atoms with Gasteiger partial charge in [-0.1, -0.05) is 17.2 Å². The molecular weight excluding hydrogens is 346 g/mol. The molecule has 1 fully saturated rings. The molecule has 0 aliphatic carbocycles. The number of piperazine rings is 1. The molecule has 27 heavy (non-hydrogen) atoms. The van der Waals surface area contributed by atoms with Crippen molar-refractivity contribution in [3.05, 3.63) is 47.4 Å². The van der Waals surface area contributed by atoms with Gasteiger partial charge in [0.2, 0.25) is 11.8 Å². The van der Waals surface area contributed by atoms with Crippen molar-refractivity contribution in [2.24, 2.45) is 0 Å². The summed E-state index contributed by atoms with van der Waals surface area (Å²) in [5.41, 5.74) is 1.49. The number of carbonyl (C=O) groups excluding carboxylic acids is 2. The third-order valence-electron chi connectivity index (χ3n) is 4.36. The van der Waals surface area contributed by atoms with Crippen molar-refractivity contribution in [3.63, 3.8) is 0 Å². The molecular formula is C19H23N5O3. The number of amides is 2. The molecule has 142 valence electrons. The van der Waals surface area contributed by atoms with Crippen LogP contribution in [0.4, 0.5) is 6.01 Å². The molecule has 0 saturated carbocycles. The number of carbonyl (C=O) groups is 2. The van der Waals surface area contributed by atoms with Crippen LogP contribution in [0.5, 0.6) is 0 Å². The number of aryl methyl sites for hydroxylation is 1. The van der Waals surface area contributed by atoms with Gasteiger partial charge in [0.1, 0.15) is 0 Å². The molecule has 0 atom stereocenters. The summed E-state index contributed by atoms with van der Waals surface area (Å²) in [5.74, 6) is 0.450. The van der Waals surface area contributed by atoms with E-state index in [0.717, 1.165) is 5.56 Å². The van der Waals surface area contributed by atoms with Crippen LogP contribution >= 0.6 is 0 Å². The van der Waals surface area contributed by atoms with E-state index in [1.54, 1.807) is 50.2 Å². The smallest absolute Gasteiger partial charge is 0.318 e. The fourth-order valence-electron chi connectivity index (χ4n) is 2.80. The van der Waals surface area contributed by atoms with Crippen molar-refractivity contribution in [3.8, 4) is 0 Å². The van der Waals surface area contributed by atoms with Gasteiger partial charge in [-0.2, -0.15) is 0 Å². The molecule has 0 radical (unpaired) electrons. The Bertz CT molecular complexity index is 833. The first kappa shape index (κ1) is 18.6. The lowest BCUT2D eigenvalue weighted by atomic mass is 10.1. The molecule has 0 unspecified atom stereocenters. The highest BCUT2D eigenvalue weighted by Crippen LogP contribution is 2.15. The number of benzene rings is 1. The number of nitrogens with zero attached hydrogens (tertiary/aromatic N) is 5. The quantitative estimate of drug-likeness (QED) is 0.759.